The summed E-state index contributed by atoms with van der Waals surface area (Å²) in [7, 11) is 0. The highest BCUT2D eigenvalue weighted by molar-refractivity contribution is 6.30. The van der Waals surface area contributed by atoms with E-state index in [2.05, 4.69) is 10.2 Å². The molecule has 1 saturated heterocycles. The van der Waals surface area contributed by atoms with E-state index < -0.39 is 12.1 Å². The summed E-state index contributed by atoms with van der Waals surface area (Å²) >= 11 is 5.82. The zero-order valence-corrected chi connectivity index (χ0v) is 13.8. The van der Waals surface area contributed by atoms with E-state index in [1.807, 2.05) is 0 Å². The van der Waals surface area contributed by atoms with Crippen molar-refractivity contribution in [1.82, 2.24) is 15.1 Å². The third kappa shape index (κ3) is 4.31. The summed E-state index contributed by atoms with van der Waals surface area (Å²) in [6, 6.07) is 6.96. The molecule has 0 aliphatic carbocycles. The predicted octanol–water partition coefficient (Wildman–Crippen LogP) is 3.69. The summed E-state index contributed by atoms with van der Waals surface area (Å²) in [5.41, 5.74) is 0.827. The molecule has 1 aromatic carbocycles. The fraction of sp³-hybridized carbons (Fsp3) is 0.438. The lowest BCUT2D eigenvalue weighted by atomic mass is 9.97. The van der Waals surface area contributed by atoms with Crippen LogP contribution in [0, 0.1) is 0 Å². The van der Waals surface area contributed by atoms with E-state index in [9.17, 15) is 18.0 Å². The van der Waals surface area contributed by atoms with Crippen LogP contribution in [0.15, 0.2) is 28.7 Å². The van der Waals surface area contributed by atoms with Gasteiger partial charge in [0.1, 0.15) is 0 Å². The average molecular weight is 374 g/mol. The van der Waals surface area contributed by atoms with Crippen LogP contribution in [-0.4, -0.2) is 34.1 Å². The molecule has 1 amide bonds. The number of amides is 1. The number of piperidine rings is 1. The van der Waals surface area contributed by atoms with Crippen LogP contribution >= 0.6 is 11.6 Å². The van der Waals surface area contributed by atoms with E-state index >= 15 is 0 Å². The maximum atomic E-state index is 12.6. The van der Waals surface area contributed by atoms with Crippen molar-refractivity contribution in [1.29, 1.82) is 0 Å². The lowest BCUT2D eigenvalue weighted by Crippen LogP contribution is -2.40. The van der Waals surface area contributed by atoms with Crippen molar-refractivity contribution in [2.45, 2.75) is 31.4 Å². The van der Waals surface area contributed by atoms with E-state index in [1.165, 1.54) is 0 Å². The lowest BCUT2D eigenvalue weighted by molar-refractivity contribution is -0.157. The Morgan fingerprint density at radius 2 is 2.00 bits per heavy atom. The third-order valence-electron chi connectivity index (χ3n) is 4.08. The van der Waals surface area contributed by atoms with Crippen molar-refractivity contribution in [2.24, 2.45) is 0 Å². The Morgan fingerprint density at radius 3 is 2.64 bits per heavy atom. The number of carbonyl (C=O) groups is 1. The van der Waals surface area contributed by atoms with Gasteiger partial charge in [0, 0.05) is 18.1 Å². The molecule has 2 aromatic rings. The molecule has 9 heteroatoms. The number of nitrogens with zero attached hydrogens (tertiary/aromatic N) is 3. The van der Waals surface area contributed by atoms with Gasteiger partial charge in [-0.1, -0.05) is 23.7 Å². The molecule has 1 aromatic heterocycles. The molecular weight excluding hydrogens is 359 g/mol. The van der Waals surface area contributed by atoms with Gasteiger partial charge >= 0.3 is 12.1 Å². The molecule has 5 nitrogen and oxygen atoms in total. The number of likely N-dealkylation sites (tertiary alicyclic amines) is 1. The van der Waals surface area contributed by atoms with Crippen LogP contribution in [-0.2, 0) is 17.4 Å². The fourth-order valence-corrected chi connectivity index (χ4v) is 2.93. The summed E-state index contributed by atoms with van der Waals surface area (Å²) in [5, 5.41) is 7.14. The van der Waals surface area contributed by atoms with Gasteiger partial charge in [0.2, 0.25) is 11.8 Å². The first-order valence-electron chi connectivity index (χ1n) is 7.76. The Morgan fingerprint density at radius 1 is 1.28 bits per heavy atom. The second-order valence-corrected chi connectivity index (χ2v) is 6.36. The van der Waals surface area contributed by atoms with Gasteiger partial charge in [-0.2, -0.15) is 13.2 Å². The number of hydrogen-bond donors (Lipinski definition) is 0. The molecule has 1 aliphatic rings. The molecule has 0 spiro atoms. The van der Waals surface area contributed by atoms with Crippen LogP contribution in [0.4, 0.5) is 13.2 Å². The van der Waals surface area contributed by atoms with Crippen molar-refractivity contribution >= 4 is 17.5 Å². The van der Waals surface area contributed by atoms with Crippen LogP contribution in [0.5, 0.6) is 0 Å². The molecule has 0 bridgehead atoms. The van der Waals surface area contributed by atoms with E-state index in [1.54, 1.807) is 29.2 Å². The zero-order valence-electron chi connectivity index (χ0n) is 13.1. The van der Waals surface area contributed by atoms with Crippen LogP contribution in [0.25, 0.3) is 0 Å². The van der Waals surface area contributed by atoms with Gasteiger partial charge in [-0.3, -0.25) is 4.79 Å². The van der Waals surface area contributed by atoms with Crippen molar-refractivity contribution in [2.75, 3.05) is 13.1 Å². The summed E-state index contributed by atoms with van der Waals surface area (Å²) in [6.07, 6.45) is -3.18. The minimum Gasteiger partial charge on any atom is -0.417 e. The van der Waals surface area contributed by atoms with Gasteiger partial charge < -0.3 is 9.32 Å². The number of rotatable bonds is 3. The van der Waals surface area contributed by atoms with E-state index in [-0.39, 0.29) is 30.7 Å². The van der Waals surface area contributed by atoms with Gasteiger partial charge in [-0.05, 0) is 30.5 Å². The molecule has 0 saturated carbocycles. The van der Waals surface area contributed by atoms with E-state index in [4.69, 9.17) is 16.0 Å². The molecular formula is C16H15ClF3N3O2. The summed E-state index contributed by atoms with van der Waals surface area (Å²) in [4.78, 5) is 14.1. The first-order valence-corrected chi connectivity index (χ1v) is 8.13. The third-order valence-corrected chi connectivity index (χ3v) is 4.33. The van der Waals surface area contributed by atoms with Crippen molar-refractivity contribution in [3.05, 3.63) is 46.6 Å². The standard InChI is InChI=1S/C16H15ClF3N3O2/c17-12-5-3-10(4-6-12)8-13(24)23-7-1-2-11(9-23)14-21-22-15(25-14)16(18,19)20/h3-6,11H,1-2,7-9H2. The molecule has 134 valence electrons. The summed E-state index contributed by atoms with van der Waals surface area (Å²) in [6.45, 7) is 0.828. The fourth-order valence-electron chi connectivity index (χ4n) is 2.81. The molecule has 1 unspecified atom stereocenters. The highest BCUT2D eigenvalue weighted by atomic mass is 35.5. The van der Waals surface area contributed by atoms with Crippen LogP contribution in [0.1, 0.15) is 36.1 Å². The van der Waals surface area contributed by atoms with Gasteiger partial charge in [-0.25, -0.2) is 0 Å². The Balaban J connectivity index is 1.65. The highest BCUT2D eigenvalue weighted by Crippen LogP contribution is 2.32. The summed E-state index contributed by atoms with van der Waals surface area (Å²) in [5.74, 6) is -1.91. The molecule has 1 atom stereocenters. The number of halogens is 4. The first kappa shape index (κ1) is 17.7. The molecule has 0 radical (unpaired) electrons. The molecule has 1 fully saturated rings. The van der Waals surface area contributed by atoms with Gasteiger partial charge in [0.25, 0.3) is 0 Å². The van der Waals surface area contributed by atoms with Crippen molar-refractivity contribution < 1.29 is 22.4 Å². The summed E-state index contributed by atoms with van der Waals surface area (Å²) < 4.78 is 42.5. The molecule has 0 N–H and O–H groups in total. The predicted molar refractivity (Wildman–Crippen MR) is 83.0 cm³/mol. The molecule has 2 heterocycles. The number of hydrogen-bond acceptors (Lipinski definition) is 4. The minimum atomic E-state index is -4.66. The average Bonchev–Trinajstić information content (AvgIpc) is 3.07. The smallest absolute Gasteiger partial charge is 0.417 e. The Kier molecular flexibility index (Phi) is 4.99. The van der Waals surface area contributed by atoms with Gasteiger partial charge in [-0.15, -0.1) is 10.2 Å². The Bertz CT molecular complexity index is 746. The number of carbonyl (C=O) groups excluding carboxylic acids is 1. The highest BCUT2D eigenvalue weighted by Gasteiger charge is 2.39. The van der Waals surface area contributed by atoms with Crippen LogP contribution in [0.3, 0.4) is 0 Å². The molecule has 25 heavy (non-hydrogen) atoms. The van der Waals surface area contributed by atoms with Crippen molar-refractivity contribution in [3.63, 3.8) is 0 Å². The van der Waals surface area contributed by atoms with E-state index in [0.29, 0.717) is 24.4 Å². The van der Waals surface area contributed by atoms with E-state index in [0.717, 1.165) is 5.56 Å². The second-order valence-electron chi connectivity index (χ2n) is 5.93. The maximum Gasteiger partial charge on any atom is 0.470 e. The van der Waals surface area contributed by atoms with Crippen LogP contribution in [0.2, 0.25) is 5.02 Å². The van der Waals surface area contributed by atoms with Crippen LogP contribution < -0.4 is 0 Å². The monoisotopic (exact) mass is 373 g/mol. The van der Waals surface area contributed by atoms with Crippen molar-refractivity contribution in [3.8, 4) is 0 Å². The zero-order chi connectivity index (χ0) is 18.0. The SMILES string of the molecule is O=C(Cc1ccc(Cl)cc1)N1CCCC(c2nnc(C(F)(F)F)o2)C1. The van der Waals surface area contributed by atoms with Gasteiger partial charge in [0.05, 0.1) is 12.3 Å². The second kappa shape index (κ2) is 7.03. The molecule has 3 rings (SSSR count). The largest absolute Gasteiger partial charge is 0.470 e. The maximum absolute atomic E-state index is 12.6. The Labute approximate surface area is 146 Å². The molecule has 1 aliphatic heterocycles. The normalized spacial score (nSPS) is 18.4. The number of aromatic nitrogens is 2. The quantitative estimate of drug-likeness (QED) is 0.823. The van der Waals surface area contributed by atoms with Gasteiger partial charge in [0.15, 0.2) is 0 Å². The topological polar surface area (TPSA) is 59.2 Å². The first-order chi connectivity index (χ1) is 11.8. The Hall–Kier alpha value is -2.09. The number of benzene rings is 1. The lowest BCUT2D eigenvalue weighted by Gasteiger charge is -2.31. The minimum absolute atomic E-state index is 0.0729. The number of alkyl halides is 3.